The summed E-state index contributed by atoms with van der Waals surface area (Å²) in [6.07, 6.45) is 6.33. The summed E-state index contributed by atoms with van der Waals surface area (Å²) >= 11 is 0. The minimum Gasteiger partial charge on any atom is -0.497 e. The average Bonchev–Trinajstić information content (AvgIpc) is 2.99. The Morgan fingerprint density at radius 2 is 1.82 bits per heavy atom. The third-order valence-corrected chi connectivity index (χ3v) is 7.27. The third kappa shape index (κ3) is 3.73. The van der Waals surface area contributed by atoms with E-state index in [0.717, 1.165) is 36.6 Å². The van der Waals surface area contributed by atoms with Crippen LogP contribution in [0.25, 0.3) is 10.9 Å². The van der Waals surface area contributed by atoms with Gasteiger partial charge in [-0.05, 0) is 50.1 Å². The predicted molar refractivity (Wildman–Crippen MR) is 130 cm³/mol. The minimum absolute atomic E-state index is 0.0623. The second kappa shape index (κ2) is 8.78. The van der Waals surface area contributed by atoms with E-state index < -0.39 is 17.3 Å². The molecular weight excluding hydrogens is 433 g/mol. The monoisotopic (exact) mass is 463 g/mol. The first kappa shape index (κ1) is 22.4. The number of rotatable bonds is 4. The van der Waals surface area contributed by atoms with Crippen LogP contribution in [0.1, 0.15) is 55.9 Å². The van der Waals surface area contributed by atoms with E-state index in [1.807, 2.05) is 22.8 Å². The molecule has 2 heterocycles. The number of carbonyl (C=O) groups excluding carboxylic acids is 2. The lowest BCUT2D eigenvalue weighted by molar-refractivity contribution is -0.127. The molecule has 5 rings (SSSR count). The number of fused-ring (bicyclic) bond motifs is 3. The number of halogens is 1. The average molecular weight is 464 g/mol. The van der Waals surface area contributed by atoms with Crippen molar-refractivity contribution in [2.24, 2.45) is 0 Å². The number of ether oxygens (including phenoxy) is 1. The lowest BCUT2D eigenvalue weighted by atomic mass is 9.92. The Hall–Kier alpha value is -3.35. The Morgan fingerprint density at radius 3 is 2.53 bits per heavy atom. The summed E-state index contributed by atoms with van der Waals surface area (Å²) in [6, 6.07) is 13.6. The molecule has 1 fully saturated rings. The molecule has 1 aliphatic heterocycles. The topological polar surface area (TPSA) is 63.6 Å². The van der Waals surface area contributed by atoms with Gasteiger partial charge in [0.05, 0.1) is 24.9 Å². The molecule has 6 nitrogen and oxygen atoms in total. The number of amides is 2. The standard InChI is InChI=1S/C27H30FN3O3/c1-27(26(33)29-19-9-5-3-4-6-10-19)17-30-23-16-20(34-2)14-13-18(23)15-24(30)25(32)31(27)22-12-8-7-11-21(22)28/h7-8,11-16,19H,3-6,9-10,17H2,1-2H3,(H,29,33). The van der Waals surface area contributed by atoms with Crippen LogP contribution in [0.5, 0.6) is 5.75 Å². The zero-order valence-electron chi connectivity index (χ0n) is 19.6. The Balaban J connectivity index is 1.62. The number of aromatic nitrogens is 1. The fourth-order valence-electron chi connectivity index (χ4n) is 5.37. The van der Waals surface area contributed by atoms with E-state index in [-0.39, 0.29) is 24.2 Å². The van der Waals surface area contributed by atoms with Gasteiger partial charge in [0.2, 0.25) is 5.91 Å². The van der Waals surface area contributed by atoms with Crippen LogP contribution >= 0.6 is 0 Å². The van der Waals surface area contributed by atoms with Crippen molar-refractivity contribution in [3.05, 3.63) is 60.0 Å². The number of nitrogens with one attached hydrogen (secondary N) is 1. The van der Waals surface area contributed by atoms with Crippen LogP contribution in [-0.2, 0) is 11.3 Å². The van der Waals surface area contributed by atoms with Gasteiger partial charge in [-0.15, -0.1) is 0 Å². The van der Waals surface area contributed by atoms with Crippen LogP contribution in [-0.4, -0.2) is 35.1 Å². The molecule has 1 atom stereocenters. The van der Waals surface area contributed by atoms with Crippen molar-refractivity contribution in [3.63, 3.8) is 0 Å². The normalized spacial score (nSPS) is 21.3. The molecule has 1 N–H and O–H groups in total. The molecule has 3 aromatic rings. The molecular formula is C27H30FN3O3. The molecule has 2 amide bonds. The van der Waals surface area contributed by atoms with Crippen molar-refractivity contribution in [2.75, 3.05) is 12.0 Å². The predicted octanol–water partition coefficient (Wildman–Crippen LogP) is 5.05. The summed E-state index contributed by atoms with van der Waals surface area (Å²) < 4.78 is 22.3. The molecule has 1 aliphatic carbocycles. The van der Waals surface area contributed by atoms with E-state index >= 15 is 0 Å². The van der Waals surface area contributed by atoms with E-state index in [2.05, 4.69) is 5.32 Å². The molecule has 0 saturated heterocycles. The summed E-state index contributed by atoms with van der Waals surface area (Å²) in [4.78, 5) is 29.1. The molecule has 1 unspecified atom stereocenters. The maximum atomic E-state index is 15.0. The van der Waals surface area contributed by atoms with Crippen LogP contribution < -0.4 is 15.0 Å². The summed E-state index contributed by atoms with van der Waals surface area (Å²) in [5.74, 6) is -0.519. The van der Waals surface area contributed by atoms with Crippen LogP contribution in [0.2, 0.25) is 0 Å². The third-order valence-electron chi connectivity index (χ3n) is 7.27. The number of para-hydroxylation sites is 1. The Bertz CT molecular complexity index is 1250. The summed E-state index contributed by atoms with van der Waals surface area (Å²) in [5.41, 5.74) is 0.0314. The van der Waals surface area contributed by atoms with Crippen LogP contribution in [0.3, 0.4) is 0 Å². The Morgan fingerprint density at radius 1 is 1.09 bits per heavy atom. The number of nitrogens with zero attached hydrogens (tertiary/aromatic N) is 2. The number of carbonyl (C=O) groups is 2. The molecule has 1 aromatic heterocycles. The molecule has 2 aliphatic rings. The summed E-state index contributed by atoms with van der Waals surface area (Å²) in [5, 5.41) is 4.08. The molecule has 34 heavy (non-hydrogen) atoms. The number of hydrogen-bond acceptors (Lipinski definition) is 3. The van der Waals surface area contributed by atoms with Crippen molar-refractivity contribution < 1.29 is 18.7 Å². The number of benzene rings is 2. The lowest BCUT2D eigenvalue weighted by Gasteiger charge is -2.44. The highest BCUT2D eigenvalue weighted by Crippen LogP contribution is 2.38. The van der Waals surface area contributed by atoms with E-state index in [4.69, 9.17) is 4.74 Å². The van der Waals surface area contributed by atoms with Gasteiger partial charge in [-0.3, -0.25) is 14.5 Å². The Labute approximate surface area is 198 Å². The number of hydrogen-bond donors (Lipinski definition) is 1. The van der Waals surface area contributed by atoms with Gasteiger partial charge in [0, 0.05) is 17.5 Å². The molecule has 1 saturated carbocycles. The molecule has 0 bridgehead atoms. The number of anilines is 1. The first-order valence-electron chi connectivity index (χ1n) is 12.0. The molecule has 0 radical (unpaired) electrons. The maximum Gasteiger partial charge on any atom is 0.276 e. The quantitative estimate of drug-likeness (QED) is 0.551. The van der Waals surface area contributed by atoms with E-state index in [1.165, 1.54) is 23.8 Å². The maximum absolute atomic E-state index is 15.0. The van der Waals surface area contributed by atoms with Gasteiger partial charge in [0.1, 0.15) is 22.8 Å². The SMILES string of the molecule is COc1ccc2cc3n(c2c1)CC(C)(C(=O)NC1CCCCCC1)N(c1ccccc1F)C3=O. The van der Waals surface area contributed by atoms with Gasteiger partial charge < -0.3 is 14.6 Å². The second-order valence-electron chi connectivity index (χ2n) is 9.57. The zero-order valence-corrected chi connectivity index (χ0v) is 19.6. The van der Waals surface area contributed by atoms with Crippen LogP contribution in [0, 0.1) is 5.82 Å². The fraction of sp³-hybridized carbons (Fsp3) is 0.407. The van der Waals surface area contributed by atoms with Gasteiger partial charge >= 0.3 is 0 Å². The largest absolute Gasteiger partial charge is 0.497 e. The Kier molecular flexibility index (Phi) is 5.80. The van der Waals surface area contributed by atoms with E-state index in [0.29, 0.717) is 11.4 Å². The molecule has 0 spiro atoms. The van der Waals surface area contributed by atoms with Crippen molar-refractivity contribution in [3.8, 4) is 5.75 Å². The molecule has 2 aromatic carbocycles. The van der Waals surface area contributed by atoms with Crippen LogP contribution in [0.15, 0.2) is 48.5 Å². The highest BCUT2D eigenvalue weighted by molar-refractivity contribution is 6.14. The van der Waals surface area contributed by atoms with Gasteiger partial charge in [0.25, 0.3) is 5.91 Å². The summed E-state index contributed by atoms with van der Waals surface area (Å²) in [7, 11) is 1.59. The molecule has 178 valence electrons. The highest BCUT2D eigenvalue weighted by atomic mass is 19.1. The van der Waals surface area contributed by atoms with Gasteiger partial charge in [0.15, 0.2) is 0 Å². The minimum atomic E-state index is -1.31. The van der Waals surface area contributed by atoms with Crippen molar-refractivity contribution >= 4 is 28.4 Å². The smallest absolute Gasteiger partial charge is 0.276 e. The fourth-order valence-corrected chi connectivity index (χ4v) is 5.37. The van der Waals surface area contributed by atoms with Crippen LogP contribution in [0.4, 0.5) is 10.1 Å². The highest BCUT2D eigenvalue weighted by Gasteiger charge is 2.49. The van der Waals surface area contributed by atoms with E-state index in [9.17, 15) is 14.0 Å². The summed E-state index contributed by atoms with van der Waals surface area (Å²) in [6.45, 7) is 1.94. The number of methoxy groups -OCH3 is 1. The lowest BCUT2D eigenvalue weighted by Crippen LogP contribution is -2.65. The van der Waals surface area contributed by atoms with E-state index in [1.54, 1.807) is 38.3 Å². The van der Waals surface area contributed by atoms with Gasteiger partial charge in [-0.25, -0.2) is 4.39 Å². The molecule has 7 heteroatoms. The van der Waals surface area contributed by atoms with Crippen molar-refractivity contribution in [1.29, 1.82) is 0 Å². The van der Waals surface area contributed by atoms with Crippen molar-refractivity contribution in [1.82, 2.24) is 9.88 Å². The van der Waals surface area contributed by atoms with Crippen molar-refractivity contribution in [2.45, 2.75) is 63.6 Å². The second-order valence-corrected chi connectivity index (χ2v) is 9.57. The van der Waals surface area contributed by atoms with Gasteiger partial charge in [-0.1, -0.05) is 37.8 Å². The first-order valence-corrected chi connectivity index (χ1v) is 12.0. The zero-order chi connectivity index (χ0) is 23.9. The van der Waals surface area contributed by atoms with Gasteiger partial charge in [-0.2, -0.15) is 0 Å². The first-order chi connectivity index (χ1) is 16.4.